The van der Waals surface area contributed by atoms with Crippen LogP contribution in [-0.4, -0.2) is 37.6 Å². The zero-order chi connectivity index (χ0) is 29.7. The normalized spacial score (nSPS) is 12.9. The van der Waals surface area contributed by atoms with E-state index in [2.05, 4.69) is 9.97 Å². The largest absolute Gasteiger partial charge is 0.451 e. The Kier molecular flexibility index (Phi) is 7.28. The summed E-state index contributed by atoms with van der Waals surface area (Å²) in [6.45, 7) is 0. The van der Waals surface area contributed by atoms with Gasteiger partial charge in [0.15, 0.2) is 9.84 Å². The number of alkyl halides is 6. The van der Waals surface area contributed by atoms with Crippen LogP contribution in [0.15, 0.2) is 82.6 Å². The van der Waals surface area contributed by atoms with Gasteiger partial charge in [0.05, 0.1) is 21.8 Å². The van der Waals surface area contributed by atoms with Crippen molar-refractivity contribution >= 4 is 20.0 Å². The maximum atomic E-state index is 14.2. The summed E-state index contributed by atoms with van der Waals surface area (Å²) in [6, 6.07) is 13.1. The molecule has 0 spiro atoms. The highest BCUT2D eigenvalue weighted by atomic mass is 32.2. The SMILES string of the molecule is CS(=O)(=O)c1ccc(-c2nc(C(F)(F)F)nc(-c3c(C(F)(F)F)cccc3S(=O)(=O)O)c2-c2ccccc2)cc1. The molecule has 0 aliphatic carbocycles. The summed E-state index contributed by atoms with van der Waals surface area (Å²) in [5, 5.41) is 0. The van der Waals surface area contributed by atoms with E-state index < -0.39 is 71.1 Å². The number of hydrogen-bond acceptors (Lipinski definition) is 6. The molecule has 0 atom stereocenters. The fourth-order valence-electron chi connectivity index (χ4n) is 3.94. The monoisotopic (exact) mass is 602 g/mol. The van der Waals surface area contributed by atoms with Crippen LogP contribution in [0.1, 0.15) is 11.4 Å². The van der Waals surface area contributed by atoms with Gasteiger partial charge in [0, 0.05) is 22.9 Å². The topological polar surface area (TPSA) is 114 Å². The molecule has 0 saturated heterocycles. The van der Waals surface area contributed by atoms with Gasteiger partial charge in [0.1, 0.15) is 4.90 Å². The van der Waals surface area contributed by atoms with Crippen LogP contribution in [0.2, 0.25) is 0 Å². The third-order valence-electron chi connectivity index (χ3n) is 5.63. The number of sulfone groups is 1. The van der Waals surface area contributed by atoms with Crippen molar-refractivity contribution in [3.8, 4) is 33.6 Å². The predicted octanol–water partition coefficient (Wildman–Crippen LogP) is 6.17. The first-order chi connectivity index (χ1) is 18.4. The highest BCUT2D eigenvalue weighted by Crippen LogP contribution is 2.46. The van der Waals surface area contributed by atoms with Gasteiger partial charge in [-0.05, 0) is 29.8 Å². The minimum Gasteiger partial charge on any atom is -0.282 e. The van der Waals surface area contributed by atoms with Crippen molar-refractivity contribution in [2.75, 3.05) is 6.26 Å². The van der Waals surface area contributed by atoms with Crippen molar-refractivity contribution in [2.45, 2.75) is 22.1 Å². The molecule has 0 radical (unpaired) electrons. The van der Waals surface area contributed by atoms with Gasteiger partial charge in [-0.15, -0.1) is 0 Å². The summed E-state index contributed by atoms with van der Waals surface area (Å²) in [4.78, 5) is 5.42. The molecule has 0 bridgehead atoms. The Morgan fingerprint density at radius 3 is 1.73 bits per heavy atom. The molecule has 0 aliphatic rings. The first kappa shape index (κ1) is 29.2. The lowest BCUT2D eigenvalue weighted by Crippen LogP contribution is -2.17. The smallest absolute Gasteiger partial charge is 0.282 e. The molecule has 0 amide bonds. The Bertz CT molecular complexity index is 1810. The number of hydrogen-bond donors (Lipinski definition) is 1. The van der Waals surface area contributed by atoms with E-state index in [1.54, 1.807) is 0 Å². The second kappa shape index (κ2) is 9.98. The third kappa shape index (κ3) is 5.85. The quantitative estimate of drug-likeness (QED) is 0.215. The van der Waals surface area contributed by atoms with E-state index in [1.807, 2.05) is 0 Å². The lowest BCUT2D eigenvalue weighted by atomic mass is 9.92. The second-order valence-corrected chi connectivity index (χ2v) is 11.8. The average Bonchev–Trinajstić information content (AvgIpc) is 2.86. The van der Waals surface area contributed by atoms with E-state index >= 15 is 0 Å². The Balaban J connectivity index is 2.26. The molecule has 0 fully saturated rings. The van der Waals surface area contributed by atoms with Crippen LogP contribution in [0.5, 0.6) is 0 Å². The molecule has 1 heterocycles. The molecule has 3 aromatic carbocycles. The molecule has 0 saturated carbocycles. The summed E-state index contributed by atoms with van der Waals surface area (Å²) in [7, 11) is -9.14. The minimum absolute atomic E-state index is 0.00618. The zero-order valence-electron chi connectivity index (χ0n) is 20.0. The summed E-state index contributed by atoms with van der Waals surface area (Å²) in [5.74, 6) is -1.90. The molecule has 15 heteroatoms. The van der Waals surface area contributed by atoms with Gasteiger partial charge in [0.2, 0.25) is 5.82 Å². The van der Waals surface area contributed by atoms with E-state index in [1.165, 1.54) is 30.3 Å². The Morgan fingerprint density at radius 1 is 0.650 bits per heavy atom. The molecule has 1 N–H and O–H groups in total. The standard InChI is InChI=1S/C25H16F6N2O5S2/c1-39(34,35)16-12-10-15(11-13-16)21-19(14-6-3-2-4-7-14)22(33-23(32-21)25(29,30)31)20-17(24(26,27)28)8-5-9-18(20)40(36,37)38/h2-13H,1H3,(H,36,37,38). The van der Waals surface area contributed by atoms with Crippen LogP contribution in [0.4, 0.5) is 26.3 Å². The lowest BCUT2D eigenvalue weighted by Gasteiger charge is -2.21. The van der Waals surface area contributed by atoms with Crippen LogP contribution in [0.25, 0.3) is 33.6 Å². The number of nitrogens with zero attached hydrogens (tertiary/aromatic N) is 2. The first-order valence-electron chi connectivity index (χ1n) is 10.9. The summed E-state index contributed by atoms with van der Waals surface area (Å²) in [5.41, 5.74) is -5.20. The molecule has 4 rings (SSSR count). The number of benzene rings is 3. The van der Waals surface area contributed by atoms with Crippen LogP contribution in [0.3, 0.4) is 0 Å². The molecule has 7 nitrogen and oxygen atoms in total. The van der Waals surface area contributed by atoms with Gasteiger partial charge >= 0.3 is 12.4 Å². The van der Waals surface area contributed by atoms with E-state index in [9.17, 15) is 47.7 Å². The fourth-order valence-corrected chi connectivity index (χ4v) is 5.29. The molecule has 4 aromatic rings. The zero-order valence-corrected chi connectivity index (χ0v) is 21.6. The second-order valence-electron chi connectivity index (χ2n) is 8.43. The fraction of sp³-hybridized carbons (Fsp3) is 0.120. The Labute approximate surface area is 223 Å². The lowest BCUT2D eigenvalue weighted by molar-refractivity contribution is -0.144. The first-order valence-corrected chi connectivity index (χ1v) is 14.3. The van der Waals surface area contributed by atoms with Gasteiger partial charge in [-0.1, -0.05) is 48.5 Å². The van der Waals surface area contributed by atoms with Crippen LogP contribution in [-0.2, 0) is 32.3 Å². The van der Waals surface area contributed by atoms with Gasteiger partial charge in [-0.2, -0.15) is 34.8 Å². The molecular weight excluding hydrogens is 586 g/mol. The molecule has 40 heavy (non-hydrogen) atoms. The average molecular weight is 603 g/mol. The maximum absolute atomic E-state index is 14.2. The van der Waals surface area contributed by atoms with E-state index in [0.717, 1.165) is 30.5 Å². The maximum Gasteiger partial charge on any atom is 0.451 e. The van der Waals surface area contributed by atoms with Gasteiger partial charge in [0.25, 0.3) is 10.1 Å². The molecule has 0 unspecified atom stereocenters. The van der Waals surface area contributed by atoms with Crippen molar-refractivity contribution in [3.05, 3.63) is 84.2 Å². The number of aromatic nitrogens is 2. The Hall–Kier alpha value is -3.82. The summed E-state index contributed by atoms with van der Waals surface area (Å²) >= 11 is 0. The number of rotatable bonds is 5. The highest BCUT2D eigenvalue weighted by molar-refractivity contribution is 7.90. The van der Waals surface area contributed by atoms with Crippen molar-refractivity contribution in [2.24, 2.45) is 0 Å². The van der Waals surface area contributed by atoms with Crippen LogP contribution in [0, 0.1) is 0 Å². The third-order valence-corrected chi connectivity index (χ3v) is 7.65. The molecule has 210 valence electrons. The molecule has 1 aromatic heterocycles. The number of halogens is 6. The van der Waals surface area contributed by atoms with E-state index in [-0.39, 0.29) is 16.0 Å². The van der Waals surface area contributed by atoms with Crippen molar-refractivity contribution in [1.82, 2.24) is 9.97 Å². The van der Waals surface area contributed by atoms with Gasteiger partial charge in [-0.3, -0.25) is 4.55 Å². The Morgan fingerprint density at radius 2 is 1.23 bits per heavy atom. The molecule has 0 aliphatic heterocycles. The highest BCUT2D eigenvalue weighted by Gasteiger charge is 2.41. The predicted molar refractivity (Wildman–Crippen MR) is 131 cm³/mol. The van der Waals surface area contributed by atoms with Crippen molar-refractivity contribution in [3.63, 3.8) is 0 Å². The van der Waals surface area contributed by atoms with Crippen LogP contribution < -0.4 is 0 Å². The van der Waals surface area contributed by atoms with E-state index in [4.69, 9.17) is 0 Å². The van der Waals surface area contributed by atoms with Gasteiger partial charge in [-0.25, -0.2) is 18.4 Å². The van der Waals surface area contributed by atoms with Crippen molar-refractivity contribution < 1.29 is 47.7 Å². The van der Waals surface area contributed by atoms with E-state index in [0.29, 0.717) is 18.2 Å². The summed E-state index contributed by atoms with van der Waals surface area (Å²) < 4.78 is 142. The molecular formula is C25H16F6N2O5S2. The summed E-state index contributed by atoms with van der Waals surface area (Å²) in [6.07, 6.45) is -9.70. The minimum atomic E-state index is -5.42. The van der Waals surface area contributed by atoms with Crippen molar-refractivity contribution in [1.29, 1.82) is 0 Å². The van der Waals surface area contributed by atoms with Crippen LogP contribution >= 0.6 is 0 Å². The van der Waals surface area contributed by atoms with Gasteiger partial charge < -0.3 is 0 Å².